The molecule has 11 heteroatoms. The van der Waals surface area contributed by atoms with Gasteiger partial charge in [0.15, 0.2) is 11.5 Å². The van der Waals surface area contributed by atoms with Gasteiger partial charge in [-0.05, 0) is 47.7 Å². The fourth-order valence-corrected chi connectivity index (χ4v) is 4.10. The number of carbonyl (C=O) groups is 1. The molecule has 0 saturated heterocycles. The maximum atomic E-state index is 12.7. The number of carbonyl (C=O) groups excluding carboxylic acids is 1. The zero-order valence-electron chi connectivity index (χ0n) is 16.7. The van der Waals surface area contributed by atoms with Gasteiger partial charge in [0.1, 0.15) is 0 Å². The SMILES string of the molecule is Cc1cc(NC(=O)c2cc(Cn3ccc(C(F)(F)F)n3)cs2)nn1Cc1ccc(Br)cc1. The number of nitrogens with zero attached hydrogens (tertiary/aromatic N) is 4. The second kappa shape index (κ2) is 8.91. The highest BCUT2D eigenvalue weighted by molar-refractivity contribution is 9.10. The molecule has 0 aliphatic rings. The van der Waals surface area contributed by atoms with Crippen LogP contribution in [0, 0.1) is 6.92 Å². The van der Waals surface area contributed by atoms with Crippen molar-refractivity contribution in [2.45, 2.75) is 26.2 Å². The van der Waals surface area contributed by atoms with E-state index in [1.54, 1.807) is 22.2 Å². The van der Waals surface area contributed by atoms with E-state index >= 15 is 0 Å². The second-order valence-electron chi connectivity index (χ2n) is 7.12. The summed E-state index contributed by atoms with van der Waals surface area (Å²) >= 11 is 4.62. The molecule has 0 spiro atoms. The number of hydrogen-bond acceptors (Lipinski definition) is 4. The number of alkyl halides is 3. The Labute approximate surface area is 193 Å². The summed E-state index contributed by atoms with van der Waals surface area (Å²) in [6, 6.07) is 12.2. The van der Waals surface area contributed by atoms with Crippen molar-refractivity contribution >= 4 is 39.0 Å². The standard InChI is InChI=1S/C21H17BrF3N5OS/c1-13-8-19(28-30(13)11-14-2-4-16(22)5-3-14)26-20(31)17-9-15(12-32-17)10-29-7-6-18(27-29)21(23,24)25/h2-9,12H,10-11H2,1H3,(H,26,28,31). The number of amides is 1. The highest BCUT2D eigenvalue weighted by Gasteiger charge is 2.33. The predicted molar refractivity (Wildman–Crippen MR) is 119 cm³/mol. The van der Waals surface area contributed by atoms with E-state index in [1.807, 2.05) is 31.2 Å². The molecular formula is C21H17BrF3N5OS. The lowest BCUT2D eigenvalue weighted by atomic mass is 10.2. The maximum absolute atomic E-state index is 12.7. The Hall–Kier alpha value is -2.92. The lowest BCUT2D eigenvalue weighted by Gasteiger charge is -2.04. The van der Waals surface area contributed by atoms with E-state index in [9.17, 15) is 18.0 Å². The van der Waals surface area contributed by atoms with Crippen LogP contribution in [-0.4, -0.2) is 25.5 Å². The molecule has 0 aliphatic carbocycles. The minimum absolute atomic E-state index is 0.140. The van der Waals surface area contributed by atoms with Crippen LogP contribution >= 0.6 is 27.3 Å². The van der Waals surface area contributed by atoms with E-state index in [0.717, 1.165) is 21.8 Å². The molecule has 0 atom stereocenters. The minimum Gasteiger partial charge on any atom is -0.304 e. The molecule has 0 unspecified atom stereocenters. The van der Waals surface area contributed by atoms with Crippen LogP contribution in [0.2, 0.25) is 0 Å². The van der Waals surface area contributed by atoms with E-state index in [-0.39, 0.29) is 12.5 Å². The Morgan fingerprint density at radius 1 is 1.09 bits per heavy atom. The number of aromatic nitrogens is 4. The first-order chi connectivity index (χ1) is 15.2. The fraction of sp³-hybridized carbons (Fsp3) is 0.190. The van der Waals surface area contributed by atoms with Gasteiger partial charge in [0.2, 0.25) is 0 Å². The normalized spacial score (nSPS) is 11.7. The van der Waals surface area contributed by atoms with Gasteiger partial charge in [-0.25, -0.2) is 0 Å². The van der Waals surface area contributed by atoms with Gasteiger partial charge in [-0.1, -0.05) is 28.1 Å². The summed E-state index contributed by atoms with van der Waals surface area (Å²) in [6.45, 7) is 2.62. The number of rotatable bonds is 6. The fourth-order valence-electron chi connectivity index (χ4n) is 3.04. The molecule has 3 heterocycles. The molecule has 32 heavy (non-hydrogen) atoms. The maximum Gasteiger partial charge on any atom is 0.435 e. The Morgan fingerprint density at radius 2 is 1.84 bits per heavy atom. The third-order valence-electron chi connectivity index (χ3n) is 4.62. The van der Waals surface area contributed by atoms with E-state index in [4.69, 9.17) is 0 Å². The number of thiophene rings is 1. The van der Waals surface area contributed by atoms with Gasteiger partial charge in [0.25, 0.3) is 5.91 Å². The van der Waals surface area contributed by atoms with E-state index in [2.05, 4.69) is 31.4 Å². The van der Waals surface area contributed by atoms with Crippen molar-refractivity contribution in [3.05, 3.63) is 85.9 Å². The smallest absolute Gasteiger partial charge is 0.304 e. The van der Waals surface area contributed by atoms with Gasteiger partial charge in [-0.15, -0.1) is 11.3 Å². The Bertz CT molecular complexity index is 1240. The molecule has 1 N–H and O–H groups in total. The summed E-state index contributed by atoms with van der Waals surface area (Å²) < 4.78 is 42.1. The van der Waals surface area contributed by atoms with Crippen molar-refractivity contribution in [2.24, 2.45) is 0 Å². The average Bonchev–Trinajstić information content (AvgIpc) is 3.45. The van der Waals surface area contributed by atoms with Gasteiger partial charge in [0, 0.05) is 22.4 Å². The zero-order valence-corrected chi connectivity index (χ0v) is 19.1. The number of hydrogen-bond donors (Lipinski definition) is 1. The Kier molecular flexibility index (Phi) is 6.20. The quantitative estimate of drug-likeness (QED) is 0.358. The summed E-state index contributed by atoms with van der Waals surface area (Å²) in [6.07, 6.45) is -3.22. The highest BCUT2D eigenvalue weighted by Crippen LogP contribution is 2.27. The molecule has 0 saturated carbocycles. The molecule has 0 aliphatic heterocycles. The molecule has 3 aromatic heterocycles. The summed E-state index contributed by atoms with van der Waals surface area (Å²) in [7, 11) is 0. The summed E-state index contributed by atoms with van der Waals surface area (Å²) in [4.78, 5) is 13.0. The number of aryl methyl sites for hydroxylation is 1. The number of benzene rings is 1. The molecular weight excluding hydrogens is 507 g/mol. The van der Waals surface area contributed by atoms with Gasteiger partial charge in [-0.2, -0.15) is 23.4 Å². The minimum atomic E-state index is -4.48. The summed E-state index contributed by atoms with van der Waals surface area (Å²) in [5.74, 6) is 0.104. The number of halogens is 4. The van der Waals surface area contributed by atoms with Crippen molar-refractivity contribution in [3.63, 3.8) is 0 Å². The Morgan fingerprint density at radius 3 is 2.53 bits per heavy atom. The van der Waals surface area contributed by atoms with Crippen LogP contribution in [0.15, 0.2) is 58.5 Å². The molecule has 0 bridgehead atoms. The first kappa shape index (κ1) is 22.3. The first-order valence-corrected chi connectivity index (χ1v) is 11.1. The van der Waals surface area contributed by atoms with E-state index in [0.29, 0.717) is 22.8 Å². The van der Waals surface area contributed by atoms with Crippen molar-refractivity contribution in [3.8, 4) is 0 Å². The molecule has 4 aromatic rings. The van der Waals surface area contributed by atoms with Crippen LogP contribution in [0.3, 0.4) is 0 Å². The van der Waals surface area contributed by atoms with Crippen LogP contribution < -0.4 is 5.32 Å². The topological polar surface area (TPSA) is 64.7 Å². The summed E-state index contributed by atoms with van der Waals surface area (Å²) in [5, 5.41) is 12.5. The lowest BCUT2D eigenvalue weighted by molar-refractivity contribution is -0.141. The highest BCUT2D eigenvalue weighted by atomic mass is 79.9. The van der Waals surface area contributed by atoms with Crippen molar-refractivity contribution in [1.82, 2.24) is 19.6 Å². The third kappa shape index (κ3) is 5.28. The molecule has 0 fully saturated rings. The third-order valence-corrected chi connectivity index (χ3v) is 6.13. The number of anilines is 1. The largest absolute Gasteiger partial charge is 0.435 e. The van der Waals surface area contributed by atoms with Crippen LogP contribution in [0.5, 0.6) is 0 Å². The molecule has 1 amide bonds. The van der Waals surface area contributed by atoms with Gasteiger partial charge in [-0.3, -0.25) is 14.2 Å². The average molecular weight is 524 g/mol. The molecule has 6 nitrogen and oxygen atoms in total. The molecule has 1 aromatic carbocycles. The van der Waals surface area contributed by atoms with Crippen LogP contribution in [0.1, 0.15) is 32.2 Å². The van der Waals surface area contributed by atoms with Crippen LogP contribution in [0.4, 0.5) is 19.0 Å². The molecule has 4 rings (SSSR count). The monoisotopic (exact) mass is 523 g/mol. The van der Waals surface area contributed by atoms with E-state index < -0.39 is 11.9 Å². The van der Waals surface area contributed by atoms with Gasteiger partial charge < -0.3 is 5.32 Å². The molecule has 166 valence electrons. The van der Waals surface area contributed by atoms with Crippen LogP contribution in [0.25, 0.3) is 0 Å². The van der Waals surface area contributed by atoms with Crippen molar-refractivity contribution in [2.75, 3.05) is 5.32 Å². The Balaban J connectivity index is 1.40. The summed E-state index contributed by atoms with van der Waals surface area (Å²) in [5.41, 5.74) is 1.72. The van der Waals surface area contributed by atoms with Crippen molar-refractivity contribution < 1.29 is 18.0 Å². The second-order valence-corrected chi connectivity index (χ2v) is 8.95. The van der Waals surface area contributed by atoms with E-state index in [1.165, 1.54) is 22.2 Å². The molecule has 0 radical (unpaired) electrons. The van der Waals surface area contributed by atoms with Crippen LogP contribution in [-0.2, 0) is 19.3 Å². The van der Waals surface area contributed by atoms with Gasteiger partial charge in [0.05, 0.1) is 18.0 Å². The predicted octanol–water partition coefficient (Wildman–Crippen LogP) is 5.58. The van der Waals surface area contributed by atoms with Crippen molar-refractivity contribution in [1.29, 1.82) is 0 Å². The van der Waals surface area contributed by atoms with Gasteiger partial charge >= 0.3 is 6.18 Å². The lowest BCUT2D eigenvalue weighted by Crippen LogP contribution is -2.11. The number of nitrogens with one attached hydrogen (secondary N) is 1. The zero-order chi connectivity index (χ0) is 22.9. The first-order valence-electron chi connectivity index (χ1n) is 9.46.